The smallest absolute Gasteiger partial charge is 0.236 e. The number of nitrogens with zero attached hydrogens (tertiary/aromatic N) is 3. The standard InChI is InChI=1S/C20H30N4O/c1-15(2)24-18-11-7-6-10-17(18)22-20(24)16(3)21-14-19(25)23-12-8-4-5-9-13-23/h6-7,10-11,15-16,21H,4-5,8-9,12-14H2,1-3H3/t16-/m1/s1. The Bertz CT molecular complexity index is 714. The van der Waals surface area contributed by atoms with E-state index in [1.54, 1.807) is 0 Å². The maximum absolute atomic E-state index is 12.5. The molecule has 25 heavy (non-hydrogen) atoms. The van der Waals surface area contributed by atoms with Gasteiger partial charge in [0.1, 0.15) is 5.82 Å². The van der Waals surface area contributed by atoms with Gasteiger partial charge in [-0.2, -0.15) is 0 Å². The monoisotopic (exact) mass is 342 g/mol. The molecule has 5 heteroatoms. The van der Waals surface area contributed by atoms with Crippen LogP contribution in [0, 0.1) is 0 Å². The molecule has 0 saturated carbocycles. The molecule has 5 nitrogen and oxygen atoms in total. The predicted octanol–water partition coefficient (Wildman–Crippen LogP) is 3.67. The number of fused-ring (bicyclic) bond motifs is 1. The fourth-order valence-corrected chi connectivity index (χ4v) is 3.67. The first-order valence-corrected chi connectivity index (χ1v) is 9.56. The van der Waals surface area contributed by atoms with Crippen molar-refractivity contribution in [2.24, 2.45) is 0 Å². The molecule has 1 aromatic heterocycles. The van der Waals surface area contributed by atoms with Crippen molar-refractivity contribution in [1.82, 2.24) is 19.8 Å². The number of carbonyl (C=O) groups excluding carboxylic acids is 1. The second-order valence-electron chi connectivity index (χ2n) is 7.32. The van der Waals surface area contributed by atoms with E-state index >= 15 is 0 Å². The number of para-hydroxylation sites is 2. The molecule has 2 aromatic rings. The van der Waals surface area contributed by atoms with Gasteiger partial charge in [-0.1, -0.05) is 25.0 Å². The number of hydrogen-bond acceptors (Lipinski definition) is 3. The lowest BCUT2D eigenvalue weighted by atomic mass is 10.2. The third-order valence-electron chi connectivity index (χ3n) is 5.05. The number of imidazole rings is 1. The molecule has 1 amide bonds. The molecule has 1 aliphatic heterocycles. The predicted molar refractivity (Wildman–Crippen MR) is 102 cm³/mol. The van der Waals surface area contributed by atoms with E-state index in [2.05, 4.69) is 36.7 Å². The summed E-state index contributed by atoms with van der Waals surface area (Å²) in [6, 6.07) is 8.59. The van der Waals surface area contributed by atoms with Crippen molar-refractivity contribution in [3.05, 3.63) is 30.1 Å². The second-order valence-corrected chi connectivity index (χ2v) is 7.32. The minimum absolute atomic E-state index is 0.0331. The SMILES string of the molecule is CC(C)n1c([C@@H](C)NCC(=O)N2CCCCCC2)nc2ccccc21. The summed E-state index contributed by atoms with van der Waals surface area (Å²) in [7, 11) is 0. The van der Waals surface area contributed by atoms with Gasteiger partial charge in [0.25, 0.3) is 0 Å². The van der Waals surface area contributed by atoms with Crippen LogP contribution >= 0.6 is 0 Å². The Morgan fingerprint density at radius 1 is 1.12 bits per heavy atom. The number of nitrogens with one attached hydrogen (secondary N) is 1. The number of benzene rings is 1. The van der Waals surface area contributed by atoms with Crippen LogP contribution in [0.1, 0.15) is 64.4 Å². The molecule has 0 aliphatic carbocycles. The Labute approximate surface area is 150 Å². The topological polar surface area (TPSA) is 50.2 Å². The van der Waals surface area contributed by atoms with Crippen LogP contribution in [0.2, 0.25) is 0 Å². The zero-order valence-corrected chi connectivity index (χ0v) is 15.7. The number of rotatable bonds is 5. The molecular formula is C20H30N4O. The van der Waals surface area contributed by atoms with E-state index in [0.717, 1.165) is 42.8 Å². The van der Waals surface area contributed by atoms with Crippen molar-refractivity contribution in [1.29, 1.82) is 0 Å². The Morgan fingerprint density at radius 2 is 1.80 bits per heavy atom. The van der Waals surface area contributed by atoms with Crippen LogP contribution in [0.15, 0.2) is 24.3 Å². The van der Waals surface area contributed by atoms with E-state index < -0.39 is 0 Å². The quantitative estimate of drug-likeness (QED) is 0.902. The molecule has 2 heterocycles. The Hall–Kier alpha value is -1.88. The van der Waals surface area contributed by atoms with Gasteiger partial charge in [-0.25, -0.2) is 4.98 Å². The van der Waals surface area contributed by atoms with Gasteiger partial charge < -0.3 is 9.47 Å². The Balaban J connectivity index is 1.70. The molecule has 1 aromatic carbocycles. The maximum atomic E-state index is 12.5. The lowest BCUT2D eigenvalue weighted by Crippen LogP contribution is -2.39. The van der Waals surface area contributed by atoms with Crippen LogP contribution in [-0.4, -0.2) is 40.0 Å². The summed E-state index contributed by atoms with van der Waals surface area (Å²) in [5.74, 6) is 1.21. The summed E-state index contributed by atoms with van der Waals surface area (Å²) >= 11 is 0. The molecule has 136 valence electrons. The largest absolute Gasteiger partial charge is 0.342 e. The molecule has 0 unspecified atom stereocenters. The van der Waals surface area contributed by atoms with E-state index in [0.29, 0.717) is 12.6 Å². The van der Waals surface area contributed by atoms with Crippen molar-refractivity contribution >= 4 is 16.9 Å². The summed E-state index contributed by atoms with van der Waals surface area (Å²) in [6.07, 6.45) is 4.74. The normalized spacial score (nSPS) is 17.0. The van der Waals surface area contributed by atoms with Crippen LogP contribution in [-0.2, 0) is 4.79 Å². The van der Waals surface area contributed by atoms with Gasteiger partial charge in [0, 0.05) is 19.1 Å². The van der Waals surface area contributed by atoms with Crippen molar-refractivity contribution in [3.8, 4) is 0 Å². The van der Waals surface area contributed by atoms with Crippen LogP contribution < -0.4 is 5.32 Å². The molecule has 1 atom stereocenters. The van der Waals surface area contributed by atoms with Crippen molar-refractivity contribution in [3.63, 3.8) is 0 Å². The van der Waals surface area contributed by atoms with E-state index in [9.17, 15) is 4.79 Å². The van der Waals surface area contributed by atoms with E-state index in [-0.39, 0.29) is 11.9 Å². The average molecular weight is 342 g/mol. The highest BCUT2D eigenvalue weighted by atomic mass is 16.2. The van der Waals surface area contributed by atoms with Crippen LogP contribution in [0.5, 0.6) is 0 Å². The fourth-order valence-electron chi connectivity index (χ4n) is 3.67. The first-order valence-electron chi connectivity index (χ1n) is 9.56. The molecule has 1 aliphatic rings. The molecule has 3 rings (SSSR count). The van der Waals surface area contributed by atoms with Crippen molar-refractivity contribution in [2.75, 3.05) is 19.6 Å². The molecular weight excluding hydrogens is 312 g/mol. The van der Waals surface area contributed by atoms with E-state index in [1.807, 2.05) is 23.1 Å². The zero-order valence-electron chi connectivity index (χ0n) is 15.7. The fraction of sp³-hybridized carbons (Fsp3) is 0.600. The summed E-state index contributed by atoms with van der Waals surface area (Å²) in [6.45, 7) is 8.62. The van der Waals surface area contributed by atoms with Crippen LogP contribution in [0.3, 0.4) is 0 Å². The average Bonchev–Trinajstić information content (AvgIpc) is 2.79. The van der Waals surface area contributed by atoms with Gasteiger partial charge >= 0.3 is 0 Å². The molecule has 0 bridgehead atoms. The summed E-state index contributed by atoms with van der Waals surface area (Å²) in [4.78, 5) is 19.3. The summed E-state index contributed by atoms with van der Waals surface area (Å²) in [5.41, 5.74) is 2.17. The highest BCUT2D eigenvalue weighted by Crippen LogP contribution is 2.24. The lowest BCUT2D eigenvalue weighted by molar-refractivity contribution is -0.130. The van der Waals surface area contributed by atoms with Gasteiger partial charge in [-0.15, -0.1) is 0 Å². The summed E-state index contributed by atoms with van der Waals surface area (Å²) < 4.78 is 2.27. The molecule has 0 spiro atoms. The molecule has 1 N–H and O–H groups in total. The van der Waals surface area contributed by atoms with Gasteiger partial charge in [0.15, 0.2) is 0 Å². The van der Waals surface area contributed by atoms with Gasteiger partial charge in [0.05, 0.1) is 23.6 Å². The van der Waals surface area contributed by atoms with Gasteiger partial charge in [0.2, 0.25) is 5.91 Å². The molecule has 0 radical (unpaired) electrons. The van der Waals surface area contributed by atoms with Crippen LogP contribution in [0.4, 0.5) is 0 Å². The number of amides is 1. The first-order chi connectivity index (χ1) is 12.1. The molecule has 1 saturated heterocycles. The van der Waals surface area contributed by atoms with Crippen molar-refractivity contribution < 1.29 is 4.79 Å². The maximum Gasteiger partial charge on any atom is 0.236 e. The Kier molecular flexibility index (Phi) is 5.74. The van der Waals surface area contributed by atoms with E-state index in [1.165, 1.54) is 12.8 Å². The third-order valence-corrected chi connectivity index (χ3v) is 5.05. The van der Waals surface area contributed by atoms with Gasteiger partial charge in [-0.3, -0.25) is 10.1 Å². The third kappa shape index (κ3) is 4.03. The number of carbonyl (C=O) groups is 1. The highest BCUT2D eigenvalue weighted by molar-refractivity contribution is 5.78. The number of likely N-dealkylation sites (tertiary alicyclic amines) is 1. The van der Waals surface area contributed by atoms with Crippen LogP contribution in [0.25, 0.3) is 11.0 Å². The number of hydrogen-bond donors (Lipinski definition) is 1. The minimum atomic E-state index is 0.0331. The number of aromatic nitrogens is 2. The lowest BCUT2D eigenvalue weighted by Gasteiger charge is -2.23. The first kappa shape index (κ1) is 17.9. The second kappa shape index (κ2) is 8.00. The van der Waals surface area contributed by atoms with Gasteiger partial charge in [-0.05, 0) is 45.7 Å². The van der Waals surface area contributed by atoms with E-state index in [4.69, 9.17) is 4.98 Å². The summed E-state index contributed by atoms with van der Waals surface area (Å²) in [5, 5.41) is 3.40. The van der Waals surface area contributed by atoms with Crippen molar-refractivity contribution in [2.45, 2.75) is 58.5 Å². The zero-order chi connectivity index (χ0) is 17.8. The molecule has 1 fully saturated rings. The highest BCUT2D eigenvalue weighted by Gasteiger charge is 2.20. The minimum Gasteiger partial charge on any atom is -0.342 e. The Morgan fingerprint density at radius 3 is 2.48 bits per heavy atom.